The van der Waals surface area contributed by atoms with Crippen LogP contribution in [0.2, 0.25) is 0 Å². The molecule has 0 saturated carbocycles. The molecule has 1 aromatic carbocycles. The van der Waals surface area contributed by atoms with E-state index < -0.39 is 0 Å². The molecule has 0 radical (unpaired) electrons. The minimum atomic E-state index is 0.0653. The van der Waals surface area contributed by atoms with Crippen LogP contribution in [0.4, 0.5) is 0 Å². The van der Waals surface area contributed by atoms with Crippen LogP contribution >= 0.6 is 0 Å². The fourth-order valence-electron chi connectivity index (χ4n) is 3.50. The molecule has 1 amide bonds. The molecule has 6 heteroatoms. The minimum Gasteiger partial charge on any atom is -0.335 e. The molecule has 0 unspecified atom stereocenters. The lowest BCUT2D eigenvalue weighted by atomic mass is 10.1. The molecule has 2 aromatic rings. The smallest absolute Gasteiger partial charge is 0.274 e. The second-order valence-electron chi connectivity index (χ2n) is 6.51. The zero-order valence-corrected chi connectivity index (χ0v) is 13.8. The predicted octanol–water partition coefficient (Wildman–Crippen LogP) is 1.01. The van der Waals surface area contributed by atoms with Crippen LogP contribution in [0.15, 0.2) is 30.3 Å². The van der Waals surface area contributed by atoms with Gasteiger partial charge < -0.3 is 10.2 Å². The first kappa shape index (κ1) is 15.4. The van der Waals surface area contributed by atoms with Crippen LogP contribution in [-0.2, 0) is 19.5 Å². The van der Waals surface area contributed by atoms with Crippen molar-refractivity contribution >= 4 is 5.91 Å². The molecule has 0 aliphatic carbocycles. The Labute approximate surface area is 141 Å². The standard InChI is InChI=1S/C18H23N5O/c24-18(17-15-12-19-7-6-16(15)20-21-17)23-10-8-22(9-11-23)13-14-4-2-1-3-5-14/h1-5,19H,6-13H2,(H,20,21). The maximum absolute atomic E-state index is 12.8. The van der Waals surface area contributed by atoms with E-state index in [-0.39, 0.29) is 5.91 Å². The third kappa shape index (κ3) is 3.07. The van der Waals surface area contributed by atoms with Gasteiger partial charge in [0.15, 0.2) is 5.69 Å². The van der Waals surface area contributed by atoms with Crippen molar-refractivity contribution in [2.75, 3.05) is 32.7 Å². The van der Waals surface area contributed by atoms with E-state index in [2.05, 4.69) is 44.7 Å². The summed E-state index contributed by atoms with van der Waals surface area (Å²) in [4.78, 5) is 17.1. The summed E-state index contributed by atoms with van der Waals surface area (Å²) < 4.78 is 0. The van der Waals surface area contributed by atoms with Gasteiger partial charge in [-0.05, 0) is 5.56 Å². The van der Waals surface area contributed by atoms with Crippen LogP contribution in [0.1, 0.15) is 27.3 Å². The highest BCUT2D eigenvalue weighted by Gasteiger charge is 2.27. The number of amides is 1. The van der Waals surface area contributed by atoms with Crippen molar-refractivity contribution in [3.05, 3.63) is 52.8 Å². The minimum absolute atomic E-state index is 0.0653. The van der Waals surface area contributed by atoms with E-state index in [4.69, 9.17) is 0 Å². The van der Waals surface area contributed by atoms with Crippen LogP contribution < -0.4 is 5.32 Å². The Morgan fingerprint density at radius 2 is 1.92 bits per heavy atom. The van der Waals surface area contributed by atoms with Crippen LogP contribution in [0, 0.1) is 0 Å². The summed E-state index contributed by atoms with van der Waals surface area (Å²) in [7, 11) is 0. The number of piperazine rings is 1. The van der Waals surface area contributed by atoms with Gasteiger partial charge in [0.1, 0.15) is 0 Å². The SMILES string of the molecule is O=C(c1n[nH]c2c1CNCC2)N1CCN(Cc2ccccc2)CC1. The van der Waals surface area contributed by atoms with E-state index >= 15 is 0 Å². The highest BCUT2D eigenvalue weighted by Crippen LogP contribution is 2.18. The third-order valence-corrected chi connectivity index (χ3v) is 4.92. The second-order valence-corrected chi connectivity index (χ2v) is 6.51. The second kappa shape index (κ2) is 6.75. The average molecular weight is 325 g/mol. The summed E-state index contributed by atoms with van der Waals surface area (Å²) in [5, 5.41) is 10.7. The first-order chi connectivity index (χ1) is 11.8. The lowest BCUT2D eigenvalue weighted by molar-refractivity contribution is 0.0621. The highest BCUT2D eigenvalue weighted by atomic mass is 16.2. The number of H-pyrrole nitrogens is 1. The lowest BCUT2D eigenvalue weighted by Gasteiger charge is -2.34. The maximum atomic E-state index is 12.8. The monoisotopic (exact) mass is 325 g/mol. The Balaban J connectivity index is 1.37. The van der Waals surface area contributed by atoms with Gasteiger partial charge in [0.05, 0.1) is 0 Å². The number of benzene rings is 1. The summed E-state index contributed by atoms with van der Waals surface area (Å²) >= 11 is 0. The van der Waals surface area contributed by atoms with Crippen LogP contribution in [-0.4, -0.2) is 58.6 Å². The van der Waals surface area contributed by atoms with Crippen molar-refractivity contribution in [3.8, 4) is 0 Å². The topological polar surface area (TPSA) is 64.3 Å². The average Bonchev–Trinajstić information content (AvgIpc) is 3.07. The summed E-state index contributed by atoms with van der Waals surface area (Å²) in [5.41, 5.74) is 4.09. The molecule has 1 aromatic heterocycles. The summed E-state index contributed by atoms with van der Waals surface area (Å²) in [6, 6.07) is 10.5. The highest BCUT2D eigenvalue weighted by molar-refractivity contribution is 5.94. The van der Waals surface area contributed by atoms with Gasteiger partial charge in [0.25, 0.3) is 5.91 Å². The Bertz CT molecular complexity index is 703. The molecule has 4 rings (SSSR count). The molecule has 3 heterocycles. The molecule has 0 spiro atoms. The predicted molar refractivity (Wildman–Crippen MR) is 91.6 cm³/mol. The summed E-state index contributed by atoms with van der Waals surface area (Å²) in [5.74, 6) is 0.0653. The molecule has 0 atom stereocenters. The number of carbonyl (C=O) groups excluding carboxylic acids is 1. The van der Waals surface area contributed by atoms with Crippen LogP contribution in [0.3, 0.4) is 0 Å². The van der Waals surface area contributed by atoms with Crippen molar-refractivity contribution in [1.82, 2.24) is 25.3 Å². The Morgan fingerprint density at radius 1 is 1.12 bits per heavy atom. The van der Waals surface area contributed by atoms with Gasteiger partial charge in [0.2, 0.25) is 0 Å². The summed E-state index contributed by atoms with van der Waals surface area (Å²) in [6.07, 6.45) is 0.917. The number of aromatic amines is 1. The number of fused-ring (bicyclic) bond motifs is 1. The van der Waals surface area contributed by atoms with Crippen molar-refractivity contribution in [3.63, 3.8) is 0 Å². The van der Waals surface area contributed by atoms with Gasteiger partial charge in [-0.15, -0.1) is 0 Å². The molecular weight excluding hydrogens is 302 g/mol. The Kier molecular flexibility index (Phi) is 4.32. The number of aromatic nitrogens is 2. The van der Waals surface area contributed by atoms with Crippen LogP contribution in [0.5, 0.6) is 0 Å². The molecule has 24 heavy (non-hydrogen) atoms. The first-order valence-electron chi connectivity index (χ1n) is 8.63. The summed E-state index contributed by atoms with van der Waals surface area (Å²) in [6.45, 7) is 5.98. The molecule has 2 N–H and O–H groups in total. The molecule has 0 bridgehead atoms. The normalized spacial score (nSPS) is 18.4. The Hall–Kier alpha value is -2.18. The molecule has 6 nitrogen and oxygen atoms in total. The van der Waals surface area contributed by atoms with E-state index in [1.54, 1.807) is 0 Å². The molecule has 1 saturated heterocycles. The maximum Gasteiger partial charge on any atom is 0.274 e. The number of nitrogens with one attached hydrogen (secondary N) is 2. The van der Waals surface area contributed by atoms with E-state index in [1.165, 1.54) is 5.56 Å². The van der Waals surface area contributed by atoms with Gasteiger partial charge in [-0.3, -0.25) is 14.8 Å². The van der Waals surface area contributed by atoms with Gasteiger partial charge in [-0.25, -0.2) is 0 Å². The van der Waals surface area contributed by atoms with Gasteiger partial charge >= 0.3 is 0 Å². The fourth-order valence-corrected chi connectivity index (χ4v) is 3.50. The number of carbonyl (C=O) groups is 1. The molecule has 126 valence electrons. The van der Waals surface area contributed by atoms with Crippen molar-refractivity contribution in [2.45, 2.75) is 19.5 Å². The molecule has 2 aliphatic rings. The third-order valence-electron chi connectivity index (χ3n) is 4.92. The van der Waals surface area contributed by atoms with Crippen molar-refractivity contribution in [2.24, 2.45) is 0 Å². The van der Waals surface area contributed by atoms with Crippen molar-refractivity contribution in [1.29, 1.82) is 0 Å². The first-order valence-corrected chi connectivity index (χ1v) is 8.63. The fraction of sp³-hybridized carbons (Fsp3) is 0.444. The van der Waals surface area contributed by atoms with Gasteiger partial charge in [-0.1, -0.05) is 30.3 Å². The zero-order valence-electron chi connectivity index (χ0n) is 13.8. The van der Waals surface area contributed by atoms with Gasteiger partial charge in [0, 0.05) is 63.5 Å². The molecular formula is C18H23N5O. The van der Waals surface area contributed by atoms with Crippen molar-refractivity contribution < 1.29 is 4.79 Å². The van der Waals surface area contributed by atoms with E-state index in [0.29, 0.717) is 5.69 Å². The van der Waals surface area contributed by atoms with E-state index in [1.807, 2.05) is 11.0 Å². The number of hydrogen-bond donors (Lipinski definition) is 2. The quantitative estimate of drug-likeness (QED) is 0.884. The number of hydrogen-bond acceptors (Lipinski definition) is 4. The Morgan fingerprint density at radius 3 is 2.71 bits per heavy atom. The van der Waals surface area contributed by atoms with E-state index in [0.717, 1.165) is 63.5 Å². The lowest BCUT2D eigenvalue weighted by Crippen LogP contribution is -2.48. The molecule has 2 aliphatic heterocycles. The van der Waals surface area contributed by atoms with Gasteiger partial charge in [-0.2, -0.15) is 5.10 Å². The number of rotatable bonds is 3. The van der Waals surface area contributed by atoms with Crippen LogP contribution in [0.25, 0.3) is 0 Å². The zero-order chi connectivity index (χ0) is 16.4. The van der Waals surface area contributed by atoms with E-state index in [9.17, 15) is 4.79 Å². The molecule has 1 fully saturated rings. The largest absolute Gasteiger partial charge is 0.335 e. The number of nitrogens with zero attached hydrogens (tertiary/aromatic N) is 3.